The molecule has 0 spiro atoms. The van der Waals surface area contributed by atoms with Crippen molar-refractivity contribution in [1.82, 2.24) is 4.90 Å². The number of nitrogens with zero attached hydrogens (tertiary/aromatic N) is 1. The Bertz CT molecular complexity index is 548. The number of carbonyl (C=O) groups is 2. The van der Waals surface area contributed by atoms with Crippen molar-refractivity contribution < 1.29 is 23.5 Å². The third-order valence-corrected chi connectivity index (χ3v) is 3.32. The molecule has 1 unspecified atom stereocenters. The number of ether oxygens (including phenoxy) is 2. The van der Waals surface area contributed by atoms with Gasteiger partial charge in [-0.2, -0.15) is 0 Å². The van der Waals surface area contributed by atoms with Crippen LogP contribution in [0.25, 0.3) is 0 Å². The summed E-state index contributed by atoms with van der Waals surface area (Å²) in [4.78, 5) is 26.1. The summed E-state index contributed by atoms with van der Waals surface area (Å²) in [6, 6.07) is 5.12. The Kier molecular flexibility index (Phi) is 8.22. The number of hydrogen-bond donors (Lipinski definition) is 0. The van der Waals surface area contributed by atoms with Gasteiger partial charge in [0.25, 0.3) is 0 Å². The van der Waals surface area contributed by atoms with Crippen molar-refractivity contribution in [3.05, 3.63) is 35.6 Å². The van der Waals surface area contributed by atoms with Gasteiger partial charge in [-0.15, -0.1) is 0 Å². The predicted molar refractivity (Wildman–Crippen MR) is 89.1 cm³/mol. The number of benzene rings is 1. The Balaban J connectivity index is 3.11. The SMILES string of the molecule is CCOC(=O)C(Cc1cccc(F)c1)N(CC(C)C)C(=O)OCC. The molecule has 134 valence electrons. The van der Waals surface area contributed by atoms with Crippen LogP contribution in [0.5, 0.6) is 0 Å². The van der Waals surface area contributed by atoms with Crippen LogP contribution in [0, 0.1) is 11.7 Å². The van der Waals surface area contributed by atoms with Crippen LogP contribution in [0.3, 0.4) is 0 Å². The van der Waals surface area contributed by atoms with Gasteiger partial charge in [0, 0.05) is 13.0 Å². The van der Waals surface area contributed by atoms with Crippen LogP contribution in [-0.2, 0) is 20.7 Å². The largest absolute Gasteiger partial charge is 0.464 e. The molecule has 0 heterocycles. The minimum absolute atomic E-state index is 0.138. The molecule has 1 atom stereocenters. The first kappa shape index (κ1) is 19.9. The Hall–Kier alpha value is -2.11. The van der Waals surface area contributed by atoms with Crippen molar-refractivity contribution >= 4 is 12.1 Å². The third-order valence-electron chi connectivity index (χ3n) is 3.32. The van der Waals surface area contributed by atoms with E-state index in [1.807, 2.05) is 13.8 Å². The highest BCUT2D eigenvalue weighted by Crippen LogP contribution is 2.15. The van der Waals surface area contributed by atoms with E-state index in [1.165, 1.54) is 17.0 Å². The van der Waals surface area contributed by atoms with E-state index >= 15 is 0 Å². The fourth-order valence-electron chi connectivity index (χ4n) is 2.38. The average molecular weight is 339 g/mol. The number of rotatable bonds is 8. The van der Waals surface area contributed by atoms with Crippen molar-refractivity contribution in [2.75, 3.05) is 19.8 Å². The number of halogens is 1. The van der Waals surface area contributed by atoms with E-state index in [9.17, 15) is 14.0 Å². The Morgan fingerprint density at radius 1 is 1.17 bits per heavy atom. The number of carbonyl (C=O) groups excluding carboxylic acids is 2. The third kappa shape index (κ3) is 6.18. The van der Waals surface area contributed by atoms with Crippen LogP contribution in [-0.4, -0.2) is 42.8 Å². The summed E-state index contributed by atoms with van der Waals surface area (Å²) >= 11 is 0. The van der Waals surface area contributed by atoms with E-state index < -0.39 is 18.1 Å². The maximum absolute atomic E-state index is 13.4. The summed E-state index contributed by atoms with van der Waals surface area (Å²) in [5, 5.41) is 0. The van der Waals surface area contributed by atoms with E-state index in [4.69, 9.17) is 9.47 Å². The van der Waals surface area contributed by atoms with E-state index in [1.54, 1.807) is 26.0 Å². The molecule has 1 aromatic carbocycles. The highest BCUT2D eigenvalue weighted by molar-refractivity contribution is 5.81. The summed E-state index contributed by atoms with van der Waals surface area (Å²) in [5.74, 6) is -0.768. The zero-order valence-electron chi connectivity index (χ0n) is 14.8. The monoisotopic (exact) mass is 339 g/mol. The maximum Gasteiger partial charge on any atom is 0.410 e. The number of hydrogen-bond acceptors (Lipinski definition) is 4. The first-order valence-electron chi connectivity index (χ1n) is 8.23. The van der Waals surface area contributed by atoms with Crippen molar-refractivity contribution in [2.45, 2.75) is 40.2 Å². The van der Waals surface area contributed by atoms with Gasteiger partial charge in [0.2, 0.25) is 0 Å². The molecule has 0 saturated carbocycles. The van der Waals surface area contributed by atoms with E-state index in [0.717, 1.165) is 0 Å². The molecule has 0 aliphatic rings. The van der Waals surface area contributed by atoms with E-state index in [-0.39, 0.29) is 31.4 Å². The highest BCUT2D eigenvalue weighted by atomic mass is 19.1. The second-order valence-electron chi connectivity index (χ2n) is 5.85. The molecule has 1 rings (SSSR count). The standard InChI is InChI=1S/C18H26FNO4/c1-5-23-17(21)16(11-14-8-7-9-15(19)10-14)20(12-13(3)4)18(22)24-6-2/h7-10,13,16H,5-6,11-12H2,1-4H3. The Morgan fingerprint density at radius 2 is 1.83 bits per heavy atom. The molecule has 1 aromatic rings. The van der Waals surface area contributed by atoms with Gasteiger partial charge in [0.05, 0.1) is 13.2 Å². The predicted octanol–water partition coefficient (Wildman–Crippen LogP) is 3.41. The molecule has 0 radical (unpaired) electrons. The van der Waals surface area contributed by atoms with Gasteiger partial charge >= 0.3 is 12.1 Å². The smallest absolute Gasteiger partial charge is 0.410 e. The van der Waals surface area contributed by atoms with Crippen molar-refractivity contribution in [3.63, 3.8) is 0 Å². The van der Waals surface area contributed by atoms with Gasteiger partial charge in [-0.25, -0.2) is 14.0 Å². The summed E-state index contributed by atoms with van der Waals surface area (Å²) in [5.41, 5.74) is 0.617. The lowest BCUT2D eigenvalue weighted by Crippen LogP contribution is -2.49. The Labute approximate surface area is 142 Å². The van der Waals surface area contributed by atoms with Crippen LogP contribution in [0.1, 0.15) is 33.3 Å². The first-order valence-corrected chi connectivity index (χ1v) is 8.23. The highest BCUT2D eigenvalue weighted by Gasteiger charge is 2.32. The first-order chi connectivity index (χ1) is 11.4. The summed E-state index contributed by atoms with van der Waals surface area (Å²) in [6.07, 6.45) is -0.400. The molecule has 0 aromatic heterocycles. The molecule has 6 heteroatoms. The number of esters is 1. The van der Waals surface area contributed by atoms with Crippen LogP contribution < -0.4 is 0 Å². The molecular formula is C18H26FNO4. The molecule has 1 amide bonds. The molecule has 0 fully saturated rings. The van der Waals surface area contributed by atoms with Crippen LogP contribution in [0.15, 0.2) is 24.3 Å². The van der Waals surface area contributed by atoms with Gasteiger partial charge in [-0.3, -0.25) is 4.90 Å². The molecule has 24 heavy (non-hydrogen) atoms. The zero-order valence-corrected chi connectivity index (χ0v) is 14.8. The van der Waals surface area contributed by atoms with Gasteiger partial charge in [0.15, 0.2) is 0 Å². The molecular weight excluding hydrogens is 313 g/mol. The topological polar surface area (TPSA) is 55.8 Å². The molecule has 0 N–H and O–H groups in total. The Morgan fingerprint density at radius 3 is 2.38 bits per heavy atom. The van der Waals surface area contributed by atoms with Crippen molar-refractivity contribution in [3.8, 4) is 0 Å². The van der Waals surface area contributed by atoms with E-state index in [0.29, 0.717) is 12.1 Å². The second-order valence-corrected chi connectivity index (χ2v) is 5.85. The normalized spacial score (nSPS) is 11.9. The molecule has 0 aliphatic carbocycles. The van der Waals surface area contributed by atoms with Crippen molar-refractivity contribution in [1.29, 1.82) is 0 Å². The van der Waals surface area contributed by atoms with E-state index in [2.05, 4.69) is 0 Å². The lowest BCUT2D eigenvalue weighted by Gasteiger charge is -2.30. The van der Waals surface area contributed by atoms with Crippen molar-refractivity contribution in [2.24, 2.45) is 5.92 Å². The lowest BCUT2D eigenvalue weighted by molar-refractivity contribution is -0.149. The summed E-state index contributed by atoms with van der Waals surface area (Å²) in [7, 11) is 0. The van der Waals surface area contributed by atoms with Crippen LogP contribution in [0.2, 0.25) is 0 Å². The fourth-order valence-corrected chi connectivity index (χ4v) is 2.38. The summed E-state index contributed by atoms with van der Waals surface area (Å²) in [6.45, 7) is 8.05. The van der Waals surface area contributed by atoms with Crippen LogP contribution >= 0.6 is 0 Å². The maximum atomic E-state index is 13.4. The van der Waals surface area contributed by atoms with Gasteiger partial charge in [-0.1, -0.05) is 26.0 Å². The average Bonchev–Trinajstić information content (AvgIpc) is 2.51. The van der Waals surface area contributed by atoms with Gasteiger partial charge < -0.3 is 9.47 Å². The van der Waals surface area contributed by atoms with Gasteiger partial charge in [0.1, 0.15) is 11.9 Å². The molecule has 0 bridgehead atoms. The van der Waals surface area contributed by atoms with Crippen LogP contribution in [0.4, 0.5) is 9.18 Å². The lowest BCUT2D eigenvalue weighted by atomic mass is 10.0. The minimum atomic E-state index is -0.854. The number of amides is 1. The van der Waals surface area contributed by atoms with Gasteiger partial charge in [-0.05, 0) is 37.5 Å². The minimum Gasteiger partial charge on any atom is -0.464 e. The molecule has 0 aliphatic heterocycles. The summed E-state index contributed by atoms with van der Waals surface area (Å²) < 4.78 is 23.6. The molecule has 5 nitrogen and oxygen atoms in total. The zero-order chi connectivity index (χ0) is 18.1. The second kappa shape index (κ2) is 9.90. The fraction of sp³-hybridized carbons (Fsp3) is 0.556. The molecule has 0 saturated heterocycles. The quantitative estimate of drug-likeness (QED) is 0.681.